The number of aryl methyl sites for hydroxylation is 1. The number of thiazole rings is 1. The van der Waals surface area contributed by atoms with Gasteiger partial charge in [0.05, 0.1) is 5.69 Å². The monoisotopic (exact) mass is 455 g/mol. The minimum Gasteiger partial charge on any atom is -0.487 e. The molecule has 0 fully saturated rings. The second kappa shape index (κ2) is 9.20. The van der Waals surface area contributed by atoms with Gasteiger partial charge in [-0.25, -0.2) is 4.98 Å². The molecule has 0 spiro atoms. The van der Waals surface area contributed by atoms with Crippen molar-refractivity contribution in [3.63, 3.8) is 0 Å². The number of ether oxygens (including phenoxy) is 2. The minimum absolute atomic E-state index is 0.138. The molecule has 0 radical (unpaired) electrons. The van der Waals surface area contributed by atoms with Crippen LogP contribution in [-0.2, 0) is 11.4 Å². The first-order valence-electron chi connectivity index (χ1n) is 9.36. The van der Waals surface area contributed by atoms with E-state index in [0.29, 0.717) is 32.9 Å². The van der Waals surface area contributed by atoms with Crippen LogP contribution < -0.4 is 20.3 Å². The molecule has 2 heterocycles. The van der Waals surface area contributed by atoms with Gasteiger partial charge in [0.1, 0.15) is 18.1 Å². The van der Waals surface area contributed by atoms with Crippen molar-refractivity contribution in [1.29, 1.82) is 0 Å². The highest BCUT2D eigenvalue weighted by molar-refractivity contribution is 7.16. The Morgan fingerprint density at radius 2 is 1.94 bits per heavy atom. The molecule has 9 heteroatoms. The lowest BCUT2D eigenvalue weighted by Gasteiger charge is -2.10. The van der Waals surface area contributed by atoms with Gasteiger partial charge in [-0.15, -0.1) is 11.3 Å². The Kier molecular flexibility index (Phi) is 6.20. The van der Waals surface area contributed by atoms with Gasteiger partial charge < -0.3 is 14.8 Å². The summed E-state index contributed by atoms with van der Waals surface area (Å²) in [4.78, 5) is 30.4. The Morgan fingerprint density at radius 1 is 1.13 bits per heavy atom. The van der Waals surface area contributed by atoms with Crippen LogP contribution in [0.25, 0.3) is 4.96 Å². The Labute approximate surface area is 186 Å². The van der Waals surface area contributed by atoms with Crippen molar-refractivity contribution in [2.75, 3.05) is 11.9 Å². The Balaban J connectivity index is 1.35. The van der Waals surface area contributed by atoms with Crippen molar-refractivity contribution >= 4 is 39.5 Å². The molecule has 7 nitrogen and oxygen atoms in total. The largest absolute Gasteiger partial charge is 0.487 e. The van der Waals surface area contributed by atoms with Crippen molar-refractivity contribution in [2.45, 2.75) is 13.5 Å². The molecule has 4 rings (SSSR count). The maximum Gasteiger partial charge on any atom is 0.262 e. The zero-order valence-electron chi connectivity index (χ0n) is 16.5. The molecule has 0 aliphatic heterocycles. The van der Waals surface area contributed by atoms with Crippen molar-refractivity contribution in [3.05, 3.63) is 86.7 Å². The number of halogens is 1. The molecule has 2 aromatic heterocycles. The Bertz CT molecular complexity index is 1280. The van der Waals surface area contributed by atoms with Crippen LogP contribution in [0.1, 0.15) is 10.6 Å². The van der Waals surface area contributed by atoms with Crippen LogP contribution in [-0.4, -0.2) is 21.9 Å². The van der Waals surface area contributed by atoms with Crippen LogP contribution in [0.3, 0.4) is 0 Å². The fraction of sp³-hybridized carbons (Fsp3) is 0.136. The van der Waals surface area contributed by atoms with Crippen molar-refractivity contribution in [1.82, 2.24) is 9.38 Å². The molecule has 31 heavy (non-hydrogen) atoms. The molecular formula is C22H18ClN3O4S. The predicted octanol–water partition coefficient (Wildman–Crippen LogP) is 4.31. The minimum atomic E-state index is -0.305. The number of amides is 1. The molecule has 0 unspecified atom stereocenters. The summed E-state index contributed by atoms with van der Waals surface area (Å²) >= 11 is 7.27. The third-order valence-corrected chi connectivity index (χ3v) is 5.37. The molecule has 0 aliphatic carbocycles. The summed E-state index contributed by atoms with van der Waals surface area (Å²) in [6.07, 6.45) is 1.77. The van der Waals surface area contributed by atoms with Gasteiger partial charge in [-0.05, 0) is 43.3 Å². The number of hydrogen-bond donors (Lipinski definition) is 1. The van der Waals surface area contributed by atoms with Crippen molar-refractivity contribution in [3.8, 4) is 11.5 Å². The lowest BCUT2D eigenvalue weighted by Crippen LogP contribution is -2.20. The summed E-state index contributed by atoms with van der Waals surface area (Å²) in [5, 5.41) is 3.36. The van der Waals surface area contributed by atoms with E-state index >= 15 is 0 Å². The van der Waals surface area contributed by atoms with Gasteiger partial charge in [-0.1, -0.05) is 17.7 Å². The molecule has 2 aromatic carbocycles. The highest BCUT2D eigenvalue weighted by atomic mass is 35.5. The molecular weight excluding hydrogens is 438 g/mol. The topological polar surface area (TPSA) is 81.9 Å². The van der Waals surface area contributed by atoms with E-state index in [-0.39, 0.29) is 24.7 Å². The number of nitrogens with zero attached hydrogens (tertiary/aromatic N) is 2. The molecule has 0 atom stereocenters. The number of nitrogens with one attached hydrogen (secondary N) is 1. The molecule has 1 amide bonds. The van der Waals surface area contributed by atoms with Crippen molar-refractivity contribution < 1.29 is 14.3 Å². The van der Waals surface area contributed by atoms with Crippen LogP contribution in [0.2, 0.25) is 5.02 Å². The van der Waals surface area contributed by atoms with Crippen LogP contribution in [0, 0.1) is 6.92 Å². The number of aromatic nitrogens is 2. The first kappa shape index (κ1) is 20.9. The van der Waals surface area contributed by atoms with Crippen molar-refractivity contribution in [2.24, 2.45) is 0 Å². The average molecular weight is 456 g/mol. The fourth-order valence-electron chi connectivity index (χ4n) is 2.83. The maximum absolute atomic E-state index is 12.2. The maximum atomic E-state index is 12.2. The number of carbonyl (C=O) groups is 1. The average Bonchev–Trinajstić information content (AvgIpc) is 3.13. The molecule has 158 valence electrons. The van der Waals surface area contributed by atoms with E-state index < -0.39 is 0 Å². The van der Waals surface area contributed by atoms with Crippen LogP contribution in [0.15, 0.2) is 65.6 Å². The highest BCUT2D eigenvalue weighted by Crippen LogP contribution is 2.20. The molecule has 0 aliphatic rings. The van der Waals surface area contributed by atoms with E-state index in [1.54, 1.807) is 54.7 Å². The second-order valence-electron chi connectivity index (χ2n) is 6.69. The lowest BCUT2D eigenvalue weighted by molar-refractivity contribution is -0.118. The van der Waals surface area contributed by atoms with Gasteiger partial charge in [0, 0.05) is 33.9 Å². The summed E-state index contributed by atoms with van der Waals surface area (Å²) in [6, 6.07) is 15.2. The van der Waals surface area contributed by atoms with Gasteiger partial charge in [0.25, 0.3) is 11.5 Å². The smallest absolute Gasteiger partial charge is 0.262 e. The van der Waals surface area contributed by atoms with Crippen LogP contribution in [0.5, 0.6) is 11.5 Å². The Morgan fingerprint density at radius 3 is 2.74 bits per heavy atom. The zero-order valence-corrected chi connectivity index (χ0v) is 18.1. The Hall–Kier alpha value is -3.36. The third-order valence-electron chi connectivity index (χ3n) is 4.22. The fourth-order valence-corrected chi connectivity index (χ4v) is 3.81. The quantitative estimate of drug-likeness (QED) is 0.449. The number of rotatable bonds is 7. The van der Waals surface area contributed by atoms with Gasteiger partial charge in [0.2, 0.25) is 0 Å². The number of benzene rings is 2. The van der Waals surface area contributed by atoms with Gasteiger partial charge >= 0.3 is 0 Å². The molecule has 0 saturated heterocycles. The van der Waals surface area contributed by atoms with E-state index in [2.05, 4.69) is 10.3 Å². The SMILES string of the molecule is Cc1cn2c(=O)cc(COc3cccc(NC(=O)COc4ccc(Cl)cc4)c3)nc2s1. The van der Waals surface area contributed by atoms with E-state index in [1.165, 1.54) is 21.8 Å². The first-order valence-corrected chi connectivity index (χ1v) is 10.6. The van der Waals surface area contributed by atoms with E-state index in [1.807, 2.05) is 6.92 Å². The standard InChI is InChI=1S/C22H18ClN3O4S/c1-14-11-26-21(28)10-17(25-22(26)31-14)12-29-19-4-2-3-16(9-19)24-20(27)13-30-18-7-5-15(23)6-8-18/h2-11H,12-13H2,1H3,(H,24,27). The predicted molar refractivity (Wildman–Crippen MR) is 120 cm³/mol. The number of anilines is 1. The molecule has 4 aromatic rings. The zero-order chi connectivity index (χ0) is 21.8. The summed E-state index contributed by atoms with van der Waals surface area (Å²) in [5.41, 5.74) is 0.965. The van der Waals surface area contributed by atoms with E-state index in [9.17, 15) is 9.59 Å². The highest BCUT2D eigenvalue weighted by Gasteiger charge is 2.08. The van der Waals surface area contributed by atoms with Crippen LogP contribution in [0.4, 0.5) is 5.69 Å². The van der Waals surface area contributed by atoms with Gasteiger partial charge in [0.15, 0.2) is 11.6 Å². The molecule has 0 saturated carbocycles. The van der Waals surface area contributed by atoms with E-state index in [0.717, 1.165) is 4.88 Å². The summed E-state index contributed by atoms with van der Waals surface area (Å²) < 4.78 is 12.7. The normalized spacial score (nSPS) is 10.8. The lowest BCUT2D eigenvalue weighted by atomic mass is 10.3. The molecule has 0 bridgehead atoms. The van der Waals surface area contributed by atoms with Gasteiger partial charge in [-0.2, -0.15) is 0 Å². The van der Waals surface area contributed by atoms with Crippen LogP contribution >= 0.6 is 22.9 Å². The number of fused-ring (bicyclic) bond motifs is 1. The second-order valence-corrected chi connectivity index (χ2v) is 8.34. The summed E-state index contributed by atoms with van der Waals surface area (Å²) in [6.45, 7) is 1.93. The third kappa shape index (κ3) is 5.42. The van der Waals surface area contributed by atoms with E-state index in [4.69, 9.17) is 21.1 Å². The number of hydrogen-bond acceptors (Lipinski definition) is 6. The summed E-state index contributed by atoms with van der Waals surface area (Å²) in [5.74, 6) is 0.791. The number of carbonyl (C=O) groups excluding carboxylic acids is 1. The molecule has 1 N–H and O–H groups in total. The first-order chi connectivity index (χ1) is 15.0. The van der Waals surface area contributed by atoms with Gasteiger partial charge in [-0.3, -0.25) is 14.0 Å². The summed E-state index contributed by atoms with van der Waals surface area (Å²) in [7, 11) is 0.